The van der Waals surface area contributed by atoms with Gasteiger partial charge in [-0.3, -0.25) is 10.2 Å². The van der Waals surface area contributed by atoms with E-state index in [1.807, 2.05) is 30.3 Å². The van der Waals surface area contributed by atoms with Gasteiger partial charge in [0.15, 0.2) is 0 Å². The van der Waals surface area contributed by atoms with Crippen molar-refractivity contribution in [2.24, 2.45) is 5.73 Å². The third-order valence-corrected chi connectivity index (χ3v) is 3.05. The summed E-state index contributed by atoms with van der Waals surface area (Å²) in [5.74, 6) is 4.81. The molecule has 2 aromatic rings. The van der Waals surface area contributed by atoms with E-state index in [1.165, 1.54) is 25.1 Å². The number of allylic oxidation sites excluding steroid dienone is 1. The molecule has 120 valence electrons. The van der Waals surface area contributed by atoms with Crippen LogP contribution in [-0.2, 0) is 4.79 Å². The van der Waals surface area contributed by atoms with Crippen LogP contribution in [0.3, 0.4) is 0 Å². The maximum absolute atomic E-state index is 13.4. The Kier molecular flexibility index (Phi) is 5.48. The lowest BCUT2D eigenvalue weighted by molar-refractivity contribution is -0.118. The molecular formula is C19H16FN3O. The summed E-state index contributed by atoms with van der Waals surface area (Å²) in [4.78, 5) is 11.2. The molecule has 0 aliphatic carbocycles. The summed E-state index contributed by atoms with van der Waals surface area (Å²) in [7, 11) is 0. The summed E-state index contributed by atoms with van der Waals surface area (Å²) in [5, 5.41) is 10.7. The third-order valence-electron chi connectivity index (χ3n) is 3.05. The van der Waals surface area contributed by atoms with Crippen LogP contribution in [0.1, 0.15) is 18.1 Å². The van der Waals surface area contributed by atoms with E-state index in [0.717, 1.165) is 5.56 Å². The molecule has 0 radical (unpaired) electrons. The summed E-state index contributed by atoms with van der Waals surface area (Å²) in [6.45, 7) is 1.31. The zero-order valence-electron chi connectivity index (χ0n) is 13.1. The van der Waals surface area contributed by atoms with E-state index in [4.69, 9.17) is 11.1 Å². The van der Waals surface area contributed by atoms with E-state index in [1.54, 1.807) is 6.07 Å². The Morgan fingerprint density at radius 1 is 1.17 bits per heavy atom. The van der Waals surface area contributed by atoms with Crippen molar-refractivity contribution in [2.75, 3.05) is 0 Å². The quantitative estimate of drug-likeness (QED) is 0.600. The molecule has 4 nitrogen and oxygen atoms in total. The number of benzene rings is 2. The summed E-state index contributed by atoms with van der Waals surface area (Å²) in [5.41, 5.74) is 6.98. The smallest absolute Gasteiger partial charge is 0.222 e. The summed E-state index contributed by atoms with van der Waals surface area (Å²) >= 11 is 0. The summed E-state index contributed by atoms with van der Waals surface area (Å²) in [6, 6.07) is 14.7. The van der Waals surface area contributed by atoms with Crippen molar-refractivity contribution < 1.29 is 9.18 Å². The van der Waals surface area contributed by atoms with Crippen LogP contribution in [0.2, 0.25) is 0 Å². The summed E-state index contributed by atoms with van der Waals surface area (Å²) in [6.07, 6.45) is 0. The molecule has 0 saturated heterocycles. The largest absolute Gasteiger partial charge is 0.384 e. The fourth-order valence-corrected chi connectivity index (χ4v) is 1.96. The maximum atomic E-state index is 13.4. The van der Waals surface area contributed by atoms with Gasteiger partial charge in [-0.1, -0.05) is 42.2 Å². The van der Waals surface area contributed by atoms with Gasteiger partial charge in [0.05, 0.1) is 11.3 Å². The van der Waals surface area contributed by atoms with Gasteiger partial charge in [-0.15, -0.1) is 0 Å². The van der Waals surface area contributed by atoms with Crippen LogP contribution in [0.5, 0.6) is 0 Å². The van der Waals surface area contributed by atoms with Gasteiger partial charge in [0, 0.05) is 18.1 Å². The molecule has 0 bridgehead atoms. The SMILES string of the molecule is CC(=O)N/C(N)=C(\C#Cc1ccccc1)C(=N)c1cccc(F)c1. The topological polar surface area (TPSA) is 79.0 Å². The average molecular weight is 321 g/mol. The molecule has 1 amide bonds. The van der Waals surface area contributed by atoms with Gasteiger partial charge in [-0.05, 0) is 24.3 Å². The molecule has 5 heteroatoms. The van der Waals surface area contributed by atoms with E-state index >= 15 is 0 Å². The Balaban J connectivity index is 2.46. The summed E-state index contributed by atoms with van der Waals surface area (Å²) < 4.78 is 13.4. The minimum absolute atomic E-state index is 0.0415. The van der Waals surface area contributed by atoms with Crippen molar-refractivity contribution in [3.63, 3.8) is 0 Å². The van der Waals surface area contributed by atoms with E-state index < -0.39 is 5.82 Å². The van der Waals surface area contributed by atoms with E-state index in [-0.39, 0.29) is 23.0 Å². The second kappa shape index (κ2) is 7.75. The van der Waals surface area contributed by atoms with Crippen LogP contribution in [-0.4, -0.2) is 11.6 Å². The minimum atomic E-state index is -0.467. The Bertz CT molecular complexity index is 861. The standard InChI is InChI=1S/C19H16FN3O/c1-13(24)23-19(22)17(11-10-14-6-3-2-4-7-14)18(21)15-8-5-9-16(20)12-15/h2-9,12,21H,22H2,1H3,(H,23,24)/b19-17+,21-18?. The van der Waals surface area contributed by atoms with Crippen molar-refractivity contribution in [3.8, 4) is 11.8 Å². The van der Waals surface area contributed by atoms with Gasteiger partial charge in [-0.2, -0.15) is 0 Å². The fraction of sp³-hybridized carbons (Fsp3) is 0.0526. The minimum Gasteiger partial charge on any atom is -0.384 e. The van der Waals surface area contributed by atoms with Crippen molar-refractivity contribution in [3.05, 3.63) is 82.9 Å². The lowest BCUT2D eigenvalue weighted by Crippen LogP contribution is -2.28. The zero-order valence-corrected chi connectivity index (χ0v) is 13.1. The molecular weight excluding hydrogens is 305 g/mol. The highest BCUT2D eigenvalue weighted by Gasteiger charge is 2.12. The van der Waals surface area contributed by atoms with E-state index in [9.17, 15) is 9.18 Å². The molecule has 0 unspecified atom stereocenters. The second-order valence-corrected chi connectivity index (χ2v) is 4.97. The number of amides is 1. The number of hydrogen-bond donors (Lipinski definition) is 3. The van der Waals surface area contributed by atoms with Crippen molar-refractivity contribution in [2.45, 2.75) is 6.92 Å². The van der Waals surface area contributed by atoms with Crippen LogP contribution in [0, 0.1) is 23.1 Å². The van der Waals surface area contributed by atoms with Gasteiger partial charge in [0.25, 0.3) is 0 Å². The number of rotatable bonds is 3. The number of carbonyl (C=O) groups is 1. The van der Waals surface area contributed by atoms with Crippen molar-refractivity contribution >= 4 is 11.6 Å². The molecule has 0 fully saturated rings. The number of hydrogen-bond acceptors (Lipinski definition) is 3. The van der Waals surface area contributed by atoms with Crippen LogP contribution in [0.4, 0.5) is 4.39 Å². The molecule has 2 aromatic carbocycles. The predicted octanol–water partition coefficient (Wildman–Crippen LogP) is 2.55. The first-order valence-electron chi connectivity index (χ1n) is 7.16. The Hall–Kier alpha value is -3.39. The first-order chi connectivity index (χ1) is 11.5. The Morgan fingerprint density at radius 3 is 2.50 bits per heavy atom. The number of carbonyl (C=O) groups excluding carboxylic acids is 1. The molecule has 0 aliphatic rings. The predicted molar refractivity (Wildman–Crippen MR) is 91.6 cm³/mol. The highest BCUT2D eigenvalue weighted by molar-refractivity contribution is 6.14. The van der Waals surface area contributed by atoms with Gasteiger partial charge >= 0.3 is 0 Å². The maximum Gasteiger partial charge on any atom is 0.222 e. The molecule has 2 rings (SSSR count). The van der Waals surface area contributed by atoms with E-state index in [2.05, 4.69) is 17.2 Å². The van der Waals surface area contributed by atoms with Gasteiger partial charge in [0.1, 0.15) is 11.6 Å². The normalized spacial score (nSPS) is 10.9. The lowest BCUT2D eigenvalue weighted by atomic mass is 10.0. The number of nitrogens with two attached hydrogens (primary N) is 1. The Morgan fingerprint density at radius 2 is 1.88 bits per heavy atom. The fourth-order valence-electron chi connectivity index (χ4n) is 1.96. The Labute approximate surface area is 139 Å². The molecule has 0 aliphatic heterocycles. The highest BCUT2D eigenvalue weighted by Crippen LogP contribution is 2.11. The van der Waals surface area contributed by atoms with Crippen molar-refractivity contribution in [1.82, 2.24) is 5.32 Å². The van der Waals surface area contributed by atoms with E-state index in [0.29, 0.717) is 5.56 Å². The highest BCUT2D eigenvalue weighted by atomic mass is 19.1. The lowest BCUT2D eigenvalue weighted by Gasteiger charge is -2.09. The van der Waals surface area contributed by atoms with Crippen LogP contribution >= 0.6 is 0 Å². The molecule has 0 heterocycles. The monoisotopic (exact) mass is 321 g/mol. The van der Waals surface area contributed by atoms with Gasteiger partial charge in [0.2, 0.25) is 5.91 Å². The number of nitrogens with one attached hydrogen (secondary N) is 2. The first-order valence-corrected chi connectivity index (χ1v) is 7.16. The number of halogens is 1. The molecule has 24 heavy (non-hydrogen) atoms. The third kappa shape index (κ3) is 4.55. The first kappa shape index (κ1) is 17.0. The molecule has 0 aromatic heterocycles. The molecule has 4 N–H and O–H groups in total. The van der Waals surface area contributed by atoms with Gasteiger partial charge < -0.3 is 11.1 Å². The van der Waals surface area contributed by atoms with Crippen LogP contribution < -0.4 is 11.1 Å². The van der Waals surface area contributed by atoms with Crippen LogP contribution in [0.15, 0.2) is 66.0 Å². The molecule has 0 atom stereocenters. The average Bonchev–Trinajstić information content (AvgIpc) is 2.55. The molecule has 0 spiro atoms. The van der Waals surface area contributed by atoms with Crippen molar-refractivity contribution in [1.29, 1.82) is 5.41 Å². The zero-order chi connectivity index (χ0) is 17.5. The van der Waals surface area contributed by atoms with Crippen LogP contribution in [0.25, 0.3) is 0 Å². The molecule has 0 saturated carbocycles. The second-order valence-electron chi connectivity index (χ2n) is 4.97. The van der Waals surface area contributed by atoms with Gasteiger partial charge in [-0.25, -0.2) is 4.39 Å².